The summed E-state index contributed by atoms with van der Waals surface area (Å²) in [5.74, 6) is -0.0260. The lowest BCUT2D eigenvalue weighted by atomic mass is 9.77. The van der Waals surface area contributed by atoms with E-state index in [1.807, 2.05) is 31.2 Å². The van der Waals surface area contributed by atoms with Crippen LogP contribution in [-0.4, -0.2) is 40.9 Å². The van der Waals surface area contributed by atoms with Gasteiger partial charge in [0.15, 0.2) is 5.96 Å². The Labute approximate surface area is 183 Å². The van der Waals surface area contributed by atoms with Crippen LogP contribution in [-0.2, 0) is 10.3 Å². The number of guanidine groups is 1. The Morgan fingerprint density at radius 1 is 1.29 bits per heavy atom. The van der Waals surface area contributed by atoms with Gasteiger partial charge < -0.3 is 10.1 Å². The highest BCUT2D eigenvalue weighted by Gasteiger charge is 2.49. The number of nitriles is 1. The topological polar surface area (TPSA) is 115 Å². The van der Waals surface area contributed by atoms with Crippen molar-refractivity contribution in [1.29, 1.82) is 10.7 Å². The minimum atomic E-state index is -0.883. The molecule has 0 aliphatic carbocycles. The molecule has 3 aromatic rings. The summed E-state index contributed by atoms with van der Waals surface area (Å²) in [5, 5.41) is 21.3. The quantitative estimate of drug-likeness (QED) is 0.655. The molecule has 1 saturated heterocycles. The van der Waals surface area contributed by atoms with Crippen LogP contribution in [0.5, 0.6) is 5.75 Å². The molecule has 2 aromatic heterocycles. The Bertz CT molecular complexity index is 1200. The molecule has 3 heterocycles. The van der Waals surface area contributed by atoms with Crippen LogP contribution in [0.15, 0.2) is 48.9 Å². The van der Waals surface area contributed by atoms with Crippen molar-refractivity contribution in [2.24, 2.45) is 0 Å². The minimum absolute atomic E-state index is 0.0281. The van der Waals surface area contributed by atoms with Crippen molar-refractivity contribution in [1.82, 2.24) is 20.2 Å². The Kier molecular flexibility index (Phi) is 5.17. The maximum atomic E-state index is 13.3. The molecule has 4 rings (SSSR count). The molecule has 9 heteroatoms. The fourth-order valence-electron chi connectivity index (χ4n) is 3.69. The van der Waals surface area contributed by atoms with E-state index < -0.39 is 11.5 Å². The second kappa shape index (κ2) is 7.81. The molecule has 1 fully saturated rings. The number of carbonyl (C=O) groups is 1. The lowest BCUT2D eigenvalue weighted by Gasteiger charge is -2.44. The molecule has 8 nitrogen and oxygen atoms in total. The highest BCUT2D eigenvalue weighted by molar-refractivity contribution is 7.15. The molecule has 0 saturated carbocycles. The van der Waals surface area contributed by atoms with Gasteiger partial charge in [0.1, 0.15) is 16.8 Å². The van der Waals surface area contributed by atoms with Crippen molar-refractivity contribution in [3.05, 3.63) is 64.9 Å². The molecule has 1 unspecified atom stereocenters. The number of likely N-dealkylation sites (N-methyl/N-ethyl adjacent to an activating group) is 1. The first-order valence-electron chi connectivity index (χ1n) is 9.47. The number of carbonyl (C=O) groups excluding carboxylic acids is 1. The van der Waals surface area contributed by atoms with E-state index in [1.165, 1.54) is 22.4 Å². The van der Waals surface area contributed by atoms with Gasteiger partial charge in [0.2, 0.25) is 5.91 Å². The third-order valence-corrected chi connectivity index (χ3v) is 6.73. The smallest absolute Gasteiger partial charge is 0.239 e. The van der Waals surface area contributed by atoms with Gasteiger partial charge in [-0.15, -0.1) is 11.3 Å². The van der Waals surface area contributed by atoms with Crippen LogP contribution in [0.1, 0.15) is 28.8 Å². The zero-order valence-corrected chi connectivity index (χ0v) is 18.0. The molecule has 2 atom stereocenters. The molecule has 0 spiro atoms. The fraction of sp³-hybridized carbons (Fsp3) is 0.227. The van der Waals surface area contributed by atoms with E-state index in [4.69, 9.17) is 15.4 Å². The summed E-state index contributed by atoms with van der Waals surface area (Å²) in [5.41, 5.74) is 1.11. The number of aromatic nitrogens is 2. The van der Waals surface area contributed by atoms with E-state index in [2.05, 4.69) is 21.4 Å². The van der Waals surface area contributed by atoms with Crippen molar-refractivity contribution in [3.63, 3.8) is 0 Å². The van der Waals surface area contributed by atoms with Crippen LogP contribution in [0, 0.1) is 16.7 Å². The van der Waals surface area contributed by atoms with Gasteiger partial charge in [0, 0.05) is 31.2 Å². The van der Waals surface area contributed by atoms with Gasteiger partial charge in [-0.05, 0) is 30.7 Å². The summed E-state index contributed by atoms with van der Waals surface area (Å²) in [7, 11) is 3.18. The number of hydrogen-bond donors (Lipinski definition) is 2. The highest BCUT2D eigenvalue weighted by atomic mass is 32.1. The number of methoxy groups -OCH3 is 1. The normalized spacial score (nSPS) is 20.8. The first-order chi connectivity index (χ1) is 14.9. The number of ether oxygens (including phenoxy) is 1. The number of thiazole rings is 1. The van der Waals surface area contributed by atoms with E-state index in [-0.39, 0.29) is 11.9 Å². The van der Waals surface area contributed by atoms with Gasteiger partial charge in [0.25, 0.3) is 0 Å². The Morgan fingerprint density at radius 2 is 2.03 bits per heavy atom. The third kappa shape index (κ3) is 3.51. The number of nitrogens with one attached hydrogen (secondary N) is 2. The van der Waals surface area contributed by atoms with Crippen molar-refractivity contribution < 1.29 is 9.53 Å². The Hall–Kier alpha value is -3.77. The van der Waals surface area contributed by atoms with Crippen LogP contribution in [0.25, 0.3) is 10.6 Å². The van der Waals surface area contributed by atoms with Crippen LogP contribution in [0.4, 0.5) is 0 Å². The summed E-state index contributed by atoms with van der Waals surface area (Å²) in [6, 6.07) is 11.2. The predicted octanol–water partition coefficient (Wildman–Crippen LogP) is 3.08. The van der Waals surface area contributed by atoms with E-state index in [0.29, 0.717) is 16.3 Å². The molecule has 1 aromatic carbocycles. The van der Waals surface area contributed by atoms with Crippen molar-refractivity contribution >= 4 is 23.2 Å². The zero-order chi connectivity index (χ0) is 22.2. The summed E-state index contributed by atoms with van der Waals surface area (Å²) in [4.78, 5) is 24.0. The number of rotatable bonds is 4. The molecule has 1 aliphatic rings. The second-order valence-corrected chi connectivity index (χ2v) is 8.41. The fourth-order valence-corrected chi connectivity index (χ4v) is 4.72. The third-order valence-electron chi connectivity index (χ3n) is 5.45. The maximum absolute atomic E-state index is 13.3. The summed E-state index contributed by atoms with van der Waals surface area (Å²) >= 11 is 1.41. The van der Waals surface area contributed by atoms with Crippen LogP contribution in [0.2, 0.25) is 0 Å². The average molecular weight is 433 g/mol. The first kappa shape index (κ1) is 20.5. The maximum Gasteiger partial charge on any atom is 0.239 e. The van der Waals surface area contributed by atoms with E-state index >= 15 is 0 Å². The van der Waals surface area contributed by atoms with Crippen LogP contribution < -0.4 is 10.1 Å². The molecule has 1 amide bonds. The molecule has 156 valence electrons. The van der Waals surface area contributed by atoms with Crippen LogP contribution in [0.3, 0.4) is 0 Å². The lowest BCUT2D eigenvalue weighted by molar-refractivity contribution is -0.131. The second-order valence-electron chi connectivity index (χ2n) is 7.38. The molecule has 0 radical (unpaired) electrons. The number of pyridine rings is 1. The number of nitrogens with zero attached hydrogens (tertiary/aromatic N) is 4. The largest absolute Gasteiger partial charge is 0.497 e. The average Bonchev–Trinajstić information content (AvgIpc) is 3.29. The summed E-state index contributed by atoms with van der Waals surface area (Å²) in [6.45, 7) is 1.91. The summed E-state index contributed by atoms with van der Waals surface area (Å²) in [6.07, 6.45) is 4.87. The number of amides is 1. The van der Waals surface area contributed by atoms with Crippen molar-refractivity contribution in [2.45, 2.75) is 18.4 Å². The highest BCUT2D eigenvalue weighted by Crippen LogP contribution is 2.44. The Morgan fingerprint density at radius 3 is 2.71 bits per heavy atom. The van der Waals surface area contributed by atoms with Crippen molar-refractivity contribution in [2.75, 3.05) is 14.2 Å². The van der Waals surface area contributed by atoms with Crippen molar-refractivity contribution in [3.8, 4) is 22.4 Å². The van der Waals surface area contributed by atoms with Gasteiger partial charge in [-0.1, -0.05) is 12.1 Å². The lowest BCUT2D eigenvalue weighted by Crippen LogP contribution is -2.62. The van der Waals surface area contributed by atoms with Gasteiger partial charge in [-0.3, -0.25) is 20.1 Å². The standard InChI is InChI=1S/C22H20N6O2S/c1-22(17-12-26-19(31-17)15-8-13(9-23)10-25-11-15)18(20(29)28(2)21(24)27-22)14-4-6-16(30-3)7-5-14/h4-8,10-12,18H,1-3H3,(H2,24,27)/t18?,22-/m1/s1. The zero-order valence-electron chi connectivity index (χ0n) is 17.2. The summed E-state index contributed by atoms with van der Waals surface area (Å²) < 4.78 is 5.25. The van der Waals surface area contributed by atoms with Crippen LogP contribution >= 0.6 is 11.3 Å². The molecule has 1 aliphatic heterocycles. The monoisotopic (exact) mass is 432 g/mol. The van der Waals surface area contributed by atoms with E-state index in [9.17, 15) is 4.79 Å². The molecular formula is C22H20N6O2S. The van der Waals surface area contributed by atoms with Gasteiger partial charge in [0.05, 0.1) is 29.0 Å². The predicted molar refractivity (Wildman–Crippen MR) is 117 cm³/mol. The number of benzene rings is 1. The Balaban J connectivity index is 1.79. The molecule has 2 N–H and O–H groups in total. The molecular weight excluding hydrogens is 412 g/mol. The SMILES string of the molecule is COc1ccc(C2C(=O)N(C)C(=N)N[C@]2(C)c2cnc(-c3cncc(C#N)c3)s2)cc1. The van der Waals surface area contributed by atoms with Gasteiger partial charge >= 0.3 is 0 Å². The van der Waals surface area contributed by atoms with E-state index in [0.717, 1.165) is 16.0 Å². The van der Waals surface area contributed by atoms with E-state index in [1.54, 1.807) is 32.6 Å². The van der Waals surface area contributed by atoms with Gasteiger partial charge in [-0.2, -0.15) is 5.26 Å². The molecule has 31 heavy (non-hydrogen) atoms. The number of hydrogen-bond acceptors (Lipinski definition) is 7. The molecule has 0 bridgehead atoms. The first-order valence-corrected chi connectivity index (χ1v) is 10.3. The minimum Gasteiger partial charge on any atom is -0.497 e. The van der Waals surface area contributed by atoms with Gasteiger partial charge in [-0.25, -0.2) is 4.98 Å².